The molecule has 1 amide bonds. The molecule has 1 aliphatic heterocycles. The van der Waals surface area contributed by atoms with E-state index in [0.717, 1.165) is 30.8 Å². The first-order chi connectivity index (χ1) is 13.6. The van der Waals surface area contributed by atoms with Crippen LogP contribution in [-0.4, -0.2) is 28.4 Å². The Balaban J connectivity index is 1.48. The van der Waals surface area contributed by atoms with Crippen molar-refractivity contribution in [2.45, 2.75) is 70.6 Å². The summed E-state index contributed by atoms with van der Waals surface area (Å²) in [6.45, 7) is 12.2. The zero-order chi connectivity index (χ0) is 20.8. The van der Waals surface area contributed by atoms with Gasteiger partial charge in [0.1, 0.15) is 5.69 Å². The van der Waals surface area contributed by atoms with Crippen LogP contribution in [0.4, 0.5) is 0 Å². The Labute approximate surface area is 179 Å². The molecular formula is C25H32N2OS. The topological polar surface area (TPSA) is 33.2 Å². The number of nitrogens with zero attached hydrogens (tertiary/aromatic N) is 2. The summed E-state index contributed by atoms with van der Waals surface area (Å²) >= 11 is 1.79. The Morgan fingerprint density at radius 3 is 2.72 bits per heavy atom. The monoisotopic (exact) mass is 408 g/mol. The highest BCUT2D eigenvalue weighted by atomic mass is 32.2. The molecule has 0 spiro atoms. The van der Waals surface area contributed by atoms with Crippen LogP contribution in [-0.2, 0) is 5.75 Å². The molecule has 1 aromatic heterocycles. The van der Waals surface area contributed by atoms with Gasteiger partial charge in [0.15, 0.2) is 0 Å². The summed E-state index contributed by atoms with van der Waals surface area (Å²) in [5, 5.41) is 0. The van der Waals surface area contributed by atoms with E-state index in [-0.39, 0.29) is 11.3 Å². The van der Waals surface area contributed by atoms with Crippen molar-refractivity contribution in [1.82, 2.24) is 9.88 Å². The van der Waals surface area contributed by atoms with Gasteiger partial charge in [-0.2, -0.15) is 0 Å². The van der Waals surface area contributed by atoms with Crippen molar-refractivity contribution in [2.24, 2.45) is 10.8 Å². The third-order valence-corrected chi connectivity index (χ3v) is 7.62. The number of aryl methyl sites for hydroxylation is 2. The first kappa shape index (κ1) is 20.5. The van der Waals surface area contributed by atoms with Gasteiger partial charge in [0.05, 0.1) is 5.69 Å². The van der Waals surface area contributed by atoms with Gasteiger partial charge < -0.3 is 4.90 Å². The summed E-state index contributed by atoms with van der Waals surface area (Å²) in [6, 6.07) is 12.8. The Morgan fingerprint density at radius 1 is 1.17 bits per heavy atom. The second kappa shape index (κ2) is 7.46. The molecule has 4 rings (SSSR count). The standard InChI is InChI=1S/C25H32N2OS/c1-17-9-10-22(18(2)11-17)29-14-19-7-6-8-21(26-19)23(28)27-16-25(5)13-20(27)12-24(3,4)15-25/h6-11,20H,12-16H2,1-5H3/t20-,25-/m1/s1. The number of pyridine rings is 1. The molecule has 1 saturated carbocycles. The summed E-state index contributed by atoms with van der Waals surface area (Å²) < 4.78 is 0. The SMILES string of the molecule is Cc1ccc(SCc2cccc(C(=O)N3C[C@]4(C)C[C@H]3CC(C)(C)C4)n2)c(C)c1. The molecule has 1 aromatic carbocycles. The number of amides is 1. The van der Waals surface area contributed by atoms with Gasteiger partial charge in [-0.15, -0.1) is 11.8 Å². The van der Waals surface area contributed by atoms with Gasteiger partial charge in [0.2, 0.25) is 0 Å². The van der Waals surface area contributed by atoms with Crippen LogP contribution in [0.2, 0.25) is 0 Å². The number of hydrogen-bond acceptors (Lipinski definition) is 3. The molecule has 1 aliphatic carbocycles. The van der Waals surface area contributed by atoms with E-state index in [2.05, 4.69) is 57.7 Å². The van der Waals surface area contributed by atoms with E-state index in [1.54, 1.807) is 11.8 Å². The highest BCUT2D eigenvalue weighted by molar-refractivity contribution is 7.98. The minimum Gasteiger partial charge on any atom is -0.334 e. The third-order valence-electron chi connectivity index (χ3n) is 6.41. The number of benzene rings is 1. The van der Waals surface area contributed by atoms with Gasteiger partial charge in [-0.25, -0.2) is 4.98 Å². The molecule has 29 heavy (non-hydrogen) atoms. The van der Waals surface area contributed by atoms with Crippen LogP contribution >= 0.6 is 11.8 Å². The van der Waals surface area contributed by atoms with Gasteiger partial charge in [0, 0.05) is 23.2 Å². The maximum atomic E-state index is 13.3. The molecule has 0 unspecified atom stereocenters. The largest absolute Gasteiger partial charge is 0.334 e. The Kier molecular flexibility index (Phi) is 5.27. The number of likely N-dealkylation sites (tertiary alicyclic amines) is 1. The van der Waals surface area contributed by atoms with Crippen molar-refractivity contribution < 1.29 is 4.79 Å². The Morgan fingerprint density at radius 2 is 1.97 bits per heavy atom. The van der Waals surface area contributed by atoms with Crippen LogP contribution in [0, 0.1) is 24.7 Å². The molecule has 2 aromatic rings. The zero-order valence-corrected chi connectivity index (χ0v) is 19.1. The fraction of sp³-hybridized carbons (Fsp3) is 0.520. The van der Waals surface area contributed by atoms with Gasteiger partial charge in [0.25, 0.3) is 5.91 Å². The van der Waals surface area contributed by atoms with Gasteiger partial charge in [-0.1, -0.05) is 44.5 Å². The maximum absolute atomic E-state index is 13.3. The normalized spacial score (nSPS) is 25.3. The molecule has 154 valence electrons. The smallest absolute Gasteiger partial charge is 0.272 e. The van der Waals surface area contributed by atoms with Crippen molar-refractivity contribution in [1.29, 1.82) is 0 Å². The highest BCUT2D eigenvalue weighted by Crippen LogP contribution is 2.52. The molecule has 1 saturated heterocycles. The van der Waals surface area contributed by atoms with E-state index in [1.807, 2.05) is 18.2 Å². The molecule has 0 N–H and O–H groups in total. The molecule has 4 heteroatoms. The van der Waals surface area contributed by atoms with Gasteiger partial charge in [-0.05, 0) is 67.7 Å². The average Bonchev–Trinajstić information content (AvgIpc) is 2.89. The Bertz CT molecular complexity index is 938. The van der Waals surface area contributed by atoms with Crippen LogP contribution in [0.25, 0.3) is 0 Å². The number of thioether (sulfide) groups is 1. The average molecular weight is 409 g/mol. The zero-order valence-electron chi connectivity index (χ0n) is 18.3. The number of aromatic nitrogens is 1. The van der Waals surface area contributed by atoms with E-state index in [9.17, 15) is 4.79 Å². The quantitative estimate of drug-likeness (QED) is 0.579. The van der Waals surface area contributed by atoms with Crippen LogP contribution in [0.1, 0.15) is 67.3 Å². The van der Waals surface area contributed by atoms with Crippen LogP contribution in [0.5, 0.6) is 0 Å². The lowest BCUT2D eigenvalue weighted by Gasteiger charge is -2.39. The first-order valence-electron chi connectivity index (χ1n) is 10.6. The molecule has 2 bridgehead atoms. The fourth-order valence-electron chi connectivity index (χ4n) is 5.64. The van der Waals surface area contributed by atoms with Crippen molar-refractivity contribution in [2.75, 3.05) is 6.54 Å². The lowest BCUT2D eigenvalue weighted by molar-refractivity contribution is 0.0702. The maximum Gasteiger partial charge on any atom is 0.272 e. The van der Waals surface area contributed by atoms with Crippen molar-refractivity contribution in [3.8, 4) is 0 Å². The lowest BCUT2D eigenvalue weighted by atomic mass is 9.65. The number of carbonyl (C=O) groups excluding carboxylic acids is 1. The van der Waals surface area contributed by atoms with E-state index in [1.165, 1.54) is 22.4 Å². The third kappa shape index (κ3) is 4.37. The van der Waals surface area contributed by atoms with Crippen molar-refractivity contribution in [3.63, 3.8) is 0 Å². The van der Waals surface area contributed by atoms with Gasteiger partial charge in [-0.3, -0.25) is 4.79 Å². The molecule has 2 aliphatic rings. The van der Waals surface area contributed by atoms with Crippen LogP contribution in [0.15, 0.2) is 41.3 Å². The second-order valence-electron chi connectivity index (χ2n) is 10.2. The molecule has 2 fully saturated rings. The highest BCUT2D eigenvalue weighted by Gasteiger charge is 2.51. The first-order valence-corrected chi connectivity index (χ1v) is 11.6. The molecule has 2 heterocycles. The van der Waals surface area contributed by atoms with Crippen LogP contribution < -0.4 is 0 Å². The molecule has 3 nitrogen and oxygen atoms in total. The predicted molar refractivity (Wildman–Crippen MR) is 120 cm³/mol. The number of rotatable bonds is 4. The van der Waals surface area contributed by atoms with E-state index >= 15 is 0 Å². The summed E-state index contributed by atoms with van der Waals surface area (Å²) in [6.07, 6.45) is 3.42. The predicted octanol–water partition coefficient (Wildman–Crippen LogP) is 6.03. The molecule has 0 radical (unpaired) electrons. The minimum absolute atomic E-state index is 0.106. The molecule has 2 atom stereocenters. The summed E-state index contributed by atoms with van der Waals surface area (Å²) in [5.74, 6) is 0.883. The van der Waals surface area contributed by atoms with Gasteiger partial charge >= 0.3 is 0 Å². The summed E-state index contributed by atoms with van der Waals surface area (Å²) in [7, 11) is 0. The van der Waals surface area contributed by atoms with E-state index in [4.69, 9.17) is 4.98 Å². The minimum atomic E-state index is 0.106. The number of hydrogen-bond donors (Lipinski definition) is 0. The summed E-state index contributed by atoms with van der Waals surface area (Å²) in [4.78, 5) is 21.4. The van der Waals surface area contributed by atoms with E-state index in [0.29, 0.717) is 17.2 Å². The van der Waals surface area contributed by atoms with Crippen molar-refractivity contribution in [3.05, 3.63) is 58.9 Å². The number of carbonyl (C=O) groups is 1. The number of fused-ring (bicyclic) bond motifs is 2. The Hall–Kier alpha value is -1.81. The summed E-state index contributed by atoms with van der Waals surface area (Å²) in [5.41, 5.74) is 4.70. The second-order valence-corrected chi connectivity index (χ2v) is 11.2. The fourth-order valence-corrected chi connectivity index (χ4v) is 6.55. The lowest BCUT2D eigenvalue weighted by Crippen LogP contribution is -2.38. The van der Waals surface area contributed by atoms with E-state index < -0.39 is 0 Å². The molecular weight excluding hydrogens is 376 g/mol. The van der Waals surface area contributed by atoms with Crippen molar-refractivity contribution >= 4 is 17.7 Å². The van der Waals surface area contributed by atoms with Crippen LogP contribution in [0.3, 0.4) is 0 Å².